The summed E-state index contributed by atoms with van der Waals surface area (Å²) in [5.74, 6) is 0.809. The molecule has 1 atom stereocenters. The van der Waals surface area contributed by atoms with E-state index in [1.54, 1.807) is 12.1 Å². The molecule has 0 bridgehead atoms. The van der Waals surface area contributed by atoms with Crippen LogP contribution in [-0.4, -0.2) is 30.9 Å². The highest BCUT2D eigenvalue weighted by molar-refractivity contribution is 5.90. The third-order valence-corrected chi connectivity index (χ3v) is 3.06. The Morgan fingerprint density at radius 3 is 2.55 bits per heavy atom. The van der Waals surface area contributed by atoms with Crippen LogP contribution in [0.4, 0.5) is 0 Å². The summed E-state index contributed by atoms with van der Waals surface area (Å²) in [6.07, 6.45) is -0.724. The Morgan fingerprint density at radius 1 is 1.25 bits per heavy atom. The number of carbonyl (C=O) groups excluding carboxylic acids is 2. The average Bonchev–Trinajstić information content (AvgIpc) is 2.42. The topological polar surface area (TPSA) is 64.6 Å². The lowest BCUT2D eigenvalue weighted by molar-refractivity contribution is -0.134. The molecule has 0 aromatic heterocycles. The number of Topliss-reactive ketones (excluding diaryl/α,β-unsaturated/α-hetero) is 1. The quantitative estimate of drug-likeness (QED) is 0.910. The van der Waals surface area contributed by atoms with Gasteiger partial charge in [0.25, 0.3) is 5.91 Å². The van der Waals surface area contributed by atoms with Gasteiger partial charge in [0.05, 0.1) is 6.54 Å². The van der Waals surface area contributed by atoms with Gasteiger partial charge in [-0.3, -0.25) is 9.59 Å². The summed E-state index contributed by atoms with van der Waals surface area (Å²) in [6, 6.07) is 7.18. The molecule has 0 saturated heterocycles. The van der Waals surface area contributed by atoms with Crippen LogP contribution in [0.3, 0.4) is 0 Å². The largest absolute Gasteiger partial charge is 0.485 e. The minimum atomic E-state index is -0.724. The van der Waals surface area contributed by atoms with E-state index in [0.29, 0.717) is 11.5 Å². The first-order chi connectivity index (χ1) is 9.38. The van der Waals surface area contributed by atoms with Crippen LogP contribution in [0, 0.1) is 5.41 Å². The maximum Gasteiger partial charge on any atom is 0.265 e. The number of benzene rings is 1. The van der Waals surface area contributed by atoms with Gasteiger partial charge in [-0.1, -0.05) is 32.9 Å². The van der Waals surface area contributed by atoms with Crippen LogP contribution in [0.5, 0.6) is 11.5 Å². The van der Waals surface area contributed by atoms with Crippen molar-refractivity contribution < 1.29 is 19.1 Å². The minimum Gasteiger partial charge on any atom is -0.485 e. The van der Waals surface area contributed by atoms with Crippen LogP contribution in [0.2, 0.25) is 0 Å². The summed E-state index contributed by atoms with van der Waals surface area (Å²) in [4.78, 5) is 23.7. The standard InChI is InChI=1S/C15H19NO4/c1-15(2,3)13(17)8-16-14(18)12-9-19-10-6-4-5-7-11(10)20-12/h4-7,12H,8-9H2,1-3H3,(H,16,18). The van der Waals surface area contributed by atoms with Gasteiger partial charge in [0, 0.05) is 5.41 Å². The highest BCUT2D eigenvalue weighted by Gasteiger charge is 2.28. The lowest BCUT2D eigenvalue weighted by atomic mass is 9.91. The predicted octanol–water partition coefficient (Wildman–Crippen LogP) is 1.56. The Labute approximate surface area is 118 Å². The number of nitrogens with one attached hydrogen (secondary N) is 1. The first-order valence-corrected chi connectivity index (χ1v) is 6.57. The Hall–Kier alpha value is -2.04. The Bertz CT molecular complexity index is 519. The number of rotatable bonds is 3. The SMILES string of the molecule is CC(C)(C)C(=O)CNC(=O)C1COc2ccccc2O1. The molecule has 20 heavy (non-hydrogen) atoms. The fourth-order valence-electron chi connectivity index (χ4n) is 1.70. The van der Waals surface area contributed by atoms with Crippen LogP contribution in [0.1, 0.15) is 20.8 Å². The third-order valence-electron chi connectivity index (χ3n) is 3.06. The Morgan fingerprint density at radius 2 is 1.90 bits per heavy atom. The number of fused-ring (bicyclic) bond motifs is 1. The summed E-state index contributed by atoms with van der Waals surface area (Å²) >= 11 is 0. The number of amides is 1. The zero-order chi connectivity index (χ0) is 14.8. The van der Waals surface area contributed by atoms with Gasteiger partial charge in [-0.25, -0.2) is 0 Å². The van der Waals surface area contributed by atoms with E-state index < -0.39 is 11.5 Å². The lowest BCUT2D eigenvalue weighted by Crippen LogP contribution is -2.46. The van der Waals surface area contributed by atoms with Crippen LogP contribution < -0.4 is 14.8 Å². The van der Waals surface area contributed by atoms with Crippen LogP contribution in [-0.2, 0) is 9.59 Å². The van der Waals surface area contributed by atoms with Crippen LogP contribution in [0.15, 0.2) is 24.3 Å². The zero-order valence-corrected chi connectivity index (χ0v) is 11.9. The molecule has 5 nitrogen and oxygen atoms in total. The molecule has 0 radical (unpaired) electrons. The van der Waals surface area contributed by atoms with Crippen LogP contribution >= 0.6 is 0 Å². The molecule has 0 saturated carbocycles. The number of hydrogen-bond acceptors (Lipinski definition) is 4. The number of hydrogen-bond donors (Lipinski definition) is 1. The van der Waals surface area contributed by atoms with Gasteiger partial charge in [-0.15, -0.1) is 0 Å². The van der Waals surface area contributed by atoms with E-state index in [2.05, 4.69) is 5.32 Å². The van der Waals surface area contributed by atoms with Gasteiger partial charge in [-0.2, -0.15) is 0 Å². The Balaban J connectivity index is 1.91. The highest BCUT2D eigenvalue weighted by Crippen LogP contribution is 2.30. The summed E-state index contributed by atoms with van der Waals surface area (Å²) in [5, 5.41) is 2.60. The molecule has 1 heterocycles. The number of para-hydroxylation sites is 2. The van der Waals surface area contributed by atoms with Gasteiger partial charge in [0.2, 0.25) is 6.10 Å². The smallest absolute Gasteiger partial charge is 0.265 e. The van der Waals surface area contributed by atoms with Gasteiger partial charge in [0.1, 0.15) is 6.61 Å². The van der Waals surface area contributed by atoms with Crippen molar-refractivity contribution in [3.05, 3.63) is 24.3 Å². The molecule has 108 valence electrons. The first kappa shape index (κ1) is 14.4. The summed E-state index contributed by atoms with van der Waals surface area (Å²) < 4.78 is 11.0. The summed E-state index contributed by atoms with van der Waals surface area (Å²) in [7, 11) is 0. The molecule has 1 aliphatic rings. The predicted molar refractivity (Wildman–Crippen MR) is 73.8 cm³/mol. The van der Waals surface area contributed by atoms with E-state index in [4.69, 9.17) is 9.47 Å². The molecule has 1 N–H and O–H groups in total. The molecule has 0 fully saturated rings. The van der Waals surface area contributed by atoms with Crippen molar-refractivity contribution in [3.63, 3.8) is 0 Å². The molecule has 0 spiro atoms. The molecule has 1 amide bonds. The highest BCUT2D eigenvalue weighted by atomic mass is 16.6. The fourth-order valence-corrected chi connectivity index (χ4v) is 1.70. The van der Waals surface area contributed by atoms with Gasteiger partial charge in [-0.05, 0) is 12.1 Å². The molecular formula is C15H19NO4. The van der Waals surface area contributed by atoms with E-state index in [9.17, 15) is 9.59 Å². The third kappa shape index (κ3) is 3.29. The normalized spacial score (nSPS) is 17.4. The van der Waals surface area contributed by atoms with Crippen molar-refractivity contribution in [2.24, 2.45) is 5.41 Å². The van der Waals surface area contributed by atoms with Gasteiger partial charge < -0.3 is 14.8 Å². The maximum atomic E-state index is 12.0. The minimum absolute atomic E-state index is 0.00381. The van der Waals surface area contributed by atoms with Gasteiger partial charge >= 0.3 is 0 Å². The first-order valence-electron chi connectivity index (χ1n) is 6.57. The molecule has 1 unspecified atom stereocenters. The number of carbonyl (C=O) groups is 2. The van der Waals surface area contributed by atoms with Crippen molar-refractivity contribution in [1.29, 1.82) is 0 Å². The van der Waals surface area contributed by atoms with Crippen molar-refractivity contribution in [1.82, 2.24) is 5.32 Å². The molecule has 0 aliphatic carbocycles. The molecule has 1 aromatic rings. The molecule has 1 aliphatic heterocycles. The van der Waals surface area contributed by atoms with Gasteiger partial charge in [0.15, 0.2) is 17.3 Å². The zero-order valence-electron chi connectivity index (χ0n) is 11.9. The second kappa shape index (κ2) is 5.53. The van der Waals surface area contributed by atoms with E-state index in [1.807, 2.05) is 32.9 Å². The second-order valence-corrected chi connectivity index (χ2v) is 5.76. The fraction of sp³-hybridized carbons (Fsp3) is 0.467. The van der Waals surface area contributed by atoms with Crippen molar-refractivity contribution in [3.8, 4) is 11.5 Å². The van der Waals surface area contributed by atoms with Crippen LogP contribution in [0.25, 0.3) is 0 Å². The average molecular weight is 277 g/mol. The van der Waals surface area contributed by atoms with E-state index in [0.717, 1.165) is 0 Å². The van der Waals surface area contributed by atoms with Crippen molar-refractivity contribution in [2.45, 2.75) is 26.9 Å². The van der Waals surface area contributed by atoms with Crippen molar-refractivity contribution in [2.75, 3.05) is 13.2 Å². The van der Waals surface area contributed by atoms with E-state index >= 15 is 0 Å². The number of ether oxygens (including phenoxy) is 2. The van der Waals surface area contributed by atoms with E-state index in [1.165, 1.54) is 0 Å². The molecule has 2 rings (SSSR count). The summed E-state index contributed by atoms with van der Waals surface area (Å²) in [6.45, 7) is 5.60. The lowest BCUT2D eigenvalue weighted by Gasteiger charge is -2.26. The second-order valence-electron chi connectivity index (χ2n) is 5.76. The molecule has 1 aromatic carbocycles. The number of ketones is 1. The summed E-state index contributed by atoms with van der Waals surface area (Å²) in [5.41, 5.74) is -0.468. The van der Waals surface area contributed by atoms with Crippen molar-refractivity contribution >= 4 is 11.7 Å². The molecular weight excluding hydrogens is 258 g/mol. The monoisotopic (exact) mass is 277 g/mol. The molecule has 5 heteroatoms. The van der Waals surface area contributed by atoms with E-state index in [-0.39, 0.29) is 24.8 Å². The maximum absolute atomic E-state index is 12.0. The Kier molecular flexibility index (Phi) is 3.97.